The molecular weight excluding hydrogens is 458 g/mol. The summed E-state index contributed by atoms with van der Waals surface area (Å²) in [5, 5.41) is 9.54. The van der Waals surface area contributed by atoms with E-state index < -0.39 is 23.7 Å². The zero-order chi connectivity index (χ0) is 25.1. The maximum absolute atomic E-state index is 13.7. The van der Waals surface area contributed by atoms with Gasteiger partial charge in [-0.1, -0.05) is 42.0 Å². The van der Waals surface area contributed by atoms with Gasteiger partial charge in [0.2, 0.25) is 11.8 Å². The molecule has 2 amide bonds. The maximum Gasteiger partial charge on any atom is 0.234 e. The summed E-state index contributed by atoms with van der Waals surface area (Å²) < 4.78 is 5.87. The van der Waals surface area contributed by atoms with Crippen LogP contribution in [0.2, 0.25) is 0 Å². The summed E-state index contributed by atoms with van der Waals surface area (Å²) in [6, 6.07) is 12.8. The van der Waals surface area contributed by atoms with E-state index in [0.717, 1.165) is 11.1 Å². The summed E-state index contributed by atoms with van der Waals surface area (Å²) in [5.74, 6) is -2.18. The summed E-state index contributed by atoms with van der Waals surface area (Å²) in [5.41, 5.74) is 2.86. The Morgan fingerprint density at radius 1 is 1.00 bits per heavy atom. The van der Waals surface area contributed by atoms with Gasteiger partial charge in [-0.2, -0.15) is 0 Å². The highest BCUT2D eigenvalue weighted by Crippen LogP contribution is 2.55. The van der Waals surface area contributed by atoms with Crippen molar-refractivity contribution in [1.29, 1.82) is 0 Å². The minimum Gasteiger partial charge on any atom is -0.463 e. The Hall–Kier alpha value is -3.84. The van der Waals surface area contributed by atoms with E-state index in [-0.39, 0.29) is 43.0 Å². The molecule has 3 aliphatic carbocycles. The van der Waals surface area contributed by atoms with Crippen LogP contribution in [0.3, 0.4) is 0 Å². The normalized spacial score (nSPS) is 27.6. The highest BCUT2D eigenvalue weighted by Gasteiger charge is 2.56. The molecule has 6 rings (SSSR count). The largest absolute Gasteiger partial charge is 0.463 e. The fourth-order valence-corrected chi connectivity index (χ4v) is 6.33. The van der Waals surface area contributed by atoms with Gasteiger partial charge in [0, 0.05) is 16.7 Å². The molecule has 182 valence electrons. The Bertz CT molecular complexity index is 1410. The van der Waals surface area contributed by atoms with Crippen molar-refractivity contribution in [3.05, 3.63) is 94.0 Å². The van der Waals surface area contributed by atoms with Crippen LogP contribution in [0.1, 0.15) is 42.8 Å². The fourth-order valence-electron chi connectivity index (χ4n) is 6.33. The second-order valence-electron chi connectivity index (χ2n) is 9.94. The van der Waals surface area contributed by atoms with Crippen molar-refractivity contribution in [3.63, 3.8) is 0 Å². The summed E-state index contributed by atoms with van der Waals surface area (Å²) in [6.07, 6.45) is 3.94. The van der Waals surface area contributed by atoms with Crippen LogP contribution >= 0.6 is 0 Å². The number of aliphatic hydroxyl groups is 1. The van der Waals surface area contributed by atoms with Crippen LogP contribution in [-0.4, -0.2) is 33.4 Å². The second kappa shape index (κ2) is 8.38. The first kappa shape index (κ1) is 22.6. The number of aliphatic hydroxyl groups excluding tert-OH is 1. The molecule has 36 heavy (non-hydrogen) atoms. The number of likely N-dealkylation sites (tertiary alicyclic amines) is 1. The number of fused-ring (bicyclic) bond motifs is 3. The number of Topliss-reactive ketones (excluding diaryl/α,β-unsaturated/α-hetero) is 1. The van der Waals surface area contributed by atoms with Gasteiger partial charge < -0.3 is 9.52 Å². The molecule has 4 unspecified atom stereocenters. The Balaban J connectivity index is 1.43. The average molecular weight is 484 g/mol. The minimum absolute atomic E-state index is 0.192. The Morgan fingerprint density at radius 2 is 1.78 bits per heavy atom. The zero-order valence-corrected chi connectivity index (χ0v) is 19.8. The lowest BCUT2D eigenvalue weighted by molar-refractivity contribution is -0.140. The molecule has 4 aliphatic rings. The lowest BCUT2D eigenvalue weighted by Crippen LogP contribution is -2.39. The van der Waals surface area contributed by atoms with E-state index >= 15 is 0 Å². The van der Waals surface area contributed by atoms with Crippen molar-refractivity contribution in [2.75, 3.05) is 0 Å². The van der Waals surface area contributed by atoms with E-state index in [1.165, 1.54) is 11.0 Å². The third-order valence-corrected chi connectivity index (χ3v) is 7.96. The van der Waals surface area contributed by atoms with Gasteiger partial charge in [-0.15, -0.1) is 0 Å². The third-order valence-electron chi connectivity index (χ3n) is 7.96. The third kappa shape index (κ3) is 3.30. The standard InChI is InChI=1S/C29H25NO6/c1-15-11-22(32)25-21(27(15)33)12-20-18(26(25)23-10-7-17(14-31)36-23)8-9-19-24(20)29(35)30(28(19)34)13-16-5-3-2-4-6-16/h2-8,10-11,19-20,24,26,31H,9,12-14H2,1H3. The van der Waals surface area contributed by atoms with Crippen molar-refractivity contribution in [1.82, 2.24) is 4.90 Å². The number of carbonyl (C=O) groups excluding carboxylic acids is 4. The number of amides is 2. The first-order valence-electron chi connectivity index (χ1n) is 12.2. The molecule has 0 saturated carbocycles. The van der Waals surface area contributed by atoms with E-state index in [0.29, 0.717) is 34.7 Å². The van der Waals surface area contributed by atoms with E-state index in [1.54, 1.807) is 19.1 Å². The molecule has 0 radical (unpaired) electrons. The van der Waals surface area contributed by atoms with Gasteiger partial charge in [-0.25, -0.2) is 0 Å². The molecule has 4 atom stereocenters. The van der Waals surface area contributed by atoms with Gasteiger partial charge in [0.25, 0.3) is 0 Å². The lowest BCUT2D eigenvalue weighted by Gasteiger charge is -2.41. The van der Waals surface area contributed by atoms with E-state index in [9.17, 15) is 24.3 Å². The van der Waals surface area contributed by atoms with E-state index in [1.807, 2.05) is 36.4 Å². The number of rotatable bonds is 4. The molecule has 1 aromatic heterocycles. The smallest absolute Gasteiger partial charge is 0.234 e. The van der Waals surface area contributed by atoms with Crippen molar-refractivity contribution in [3.8, 4) is 0 Å². The maximum atomic E-state index is 13.7. The predicted octanol–water partition coefficient (Wildman–Crippen LogP) is 3.40. The fraction of sp³-hybridized carbons (Fsp3) is 0.310. The number of allylic oxidation sites excluding steroid dienone is 6. The molecular formula is C29H25NO6. The molecule has 2 aromatic rings. The SMILES string of the molecule is CC1=CC(=O)C2=C(CC3C(=CCC4C(=O)N(Cc5ccccc5)C(=O)C43)C2c2ccc(CO)o2)C1=O. The van der Waals surface area contributed by atoms with Crippen LogP contribution in [0.4, 0.5) is 0 Å². The molecule has 0 bridgehead atoms. The Kier molecular flexibility index (Phi) is 5.26. The monoisotopic (exact) mass is 483 g/mol. The van der Waals surface area contributed by atoms with E-state index in [2.05, 4.69) is 0 Å². The lowest BCUT2D eigenvalue weighted by atomic mass is 9.60. The number of ketones is 2. The van der Waals surface area contributed by atoms with Crippen LogP contribution in [0.5, 0.6) is 0 Å². The first-order valence-corrected chi connectivity index (χ1v) is 12.2. The van der Waals surface area contributed by atoms with Gasteiger partial charge in [-0.05, 0) is 49.5 Å². The number of benzene rings is 1. The van der Waals surface area contributed by atoms with Gasteiger partial charge in [-0.3, -0.25) is 24.1 Å². The highest BCUT2D eigenvalue weighted by atomic mass is 16.4. The molecule has 1 N–H and O–H groups in total. The van der Waals surface area contributed by atoms with Crippen molar-refractivity contribution in [2.24, 2.45) is 17.8 Å². The summed E-state index contributed by atoms with van der Waals surface area (Å²) >= 11 is 0. The van der Waals surface area contributed by atoms with Crippen LogP contribution in [0.25, 0.3) is 0 Å². The zero-order valence-electron chi connectivity index (χ0n) is 19.8. The average Bonchev–Trinajstić information content (AvgIpc) is 3.45. The number of carbonyl (C=O) groups is 4. The van der Waals surface area contributed by atoms with E-state index in [4.69, 9.17) is 4.42 Å². The first-order chi connectivity index (χ1) is 17.4. The molecule has 0 spiro atoms. The Labute approximate surface area is 207 Å². The number of imide groups is 1. The van der Waals surface area contributed by atoms with Crippen LogP contribution in [0, 0.1) is 17.8 Å². The number of nitrogens with zero attached hydrogens (tertiary/aromatic N) is 1. The van der Waals surface area contributed by atoms with Crippen LogP contribution < -0.4 is 0 Å². The molecule has 7 nitrogen and oxygen atoms in total. The molecule has 1 aromatic carbocycles. The van der Waals surface area contributed by atoms with Gasteiger partial charge >= 0.3 is 0 Å². The van der Waals surface area contributed by atoms with Crippen molar-refractivity contribution >= 4 is 23.4 Å². The van der Waals surface area contributed by atoms with Crippen molar-refractivity contribution in [2.45, 2.75) is 38.8 Å². The second-order valence-corrected chi connectivity index (χ2v) is 9.94. The minimum atomic E-state index is -0.633. The van der Waals surface area contributed by atoms with Gasteiger partial charge in [0.05, 0.1) is 24.3 Å². The molecule has 1 fully saturated rings. The molecule has 2 heterocycles. The number of hydrogen-bond acceptors (Lipinski definition) is 6. The molecule has 7 heteroatoms. The van der Waals surface area contributed by atoms with Crippen molar-refractivity contribution < 1.29 is 28.7 Å². The topological polar surface area (TPSA) is 105 Å². The molecule has 1 saturated heterocycles. The predicted molar refractivity (Wildman–Crippen MR) is 128 cm³/mol. The molecule has 1 aliphatic heterocycles. The van der Waals surface area contributed by atoms with Crippen LogP contribution in [-0.2, 0) is 32.3 Å². The number of furan rings is 1. The summed E-state index contributed by atoms with van der Waals surface area (Å²) in [6.45, 7) is 1.54. The number of hydrogen-bond donors (Lipinski definition) is 1. The summed E-state index contributed by atoms with van der Waals surface area (Å²) in [7, 11) is 0. The highest BCUT2D eigenvalue weighted by molar-refractivity contribution is 6.23. The van der Waals surface area contributed by atoms with Gasteiger partial charge in [0.15, 0.2) is 11.6 Å². The Morgan fingerprint density at radius 3 is 2.50 bits per heavy atom. The van der Waals surface area contributed by atoms with Crippen LogP contribution in [0.15, 0.2) is 81.3 Å². The quantitative estimate of drug-likeness (QED) is 0.406. The van der Waals surface area contributed by atoms with Gasteiger partial charge in [0.1, 0.15) is 18.1 Å². The summed E-state index contributed by atoms with van der Waals surface area (Å²) in [4.78, 5) is 54.8.